The van der Waals surface area contributed by atoms with E-state index in [0.717, 1.165) is 0 Å². The summed E-state index contributed by atoms with van der Waals surface area (Å²) in [6, 6.07) is 1.11. The summed E-state index contributed by atoms with van der Waals surface area (Å²) in [7, 11) is 0. The largest absolute Gasteiger partial charge is 0.353 e. The molecule has 1 fully saturated rings. The number of pyridine rings is 1. The van der Waals surface area contributed by atoms with Crippen LogP contribution in [0.15, 0.2) is 16.7 Å². The van der Waals surface area contributed by atoms with Crippen molar-refractivity contribution in [3.8, 4) is 0 Å². The van der Waals surface area contributed by atoms with Gasteiger partial charge in [-0.05, 0) is 28.9 Å². The molecular weight excluding hydrogens is 321 g/mol. The second kappa shape index (κ2) is 5.24. The molecule has 0 aliphatic carbocycles. The number of carbonyl (C=O) groups excluding carboxylic acids is 2. The van der Waals surface area contributed by atoms with Crippen molar-refractivity contribution in [2.75, 3.05) is 13.1 Å². The molecular formula is C11H11BrClN3O2. The number of aromatic nitrogens is 1. The molecule has 1 unspecified atom stereocenters. The molecule has 1 atom stereocenters. The first kappa shape index (κ1) is 13.3. The lowest BCUT2D eigenvalue weighted by Gasteiger charge is -2.32. The Kier molecular flexibility index (Phi) is 3.87. The van der Waals surface area contributed by atoms with E-state index in [-0.39, 0.29) is 17.0 Å². The normalized spacial score (nSPS) is 19.6. The van der Waals surface area contributed by atoms with Gasteiger partial charge in [0.2, 0.25) is 5.91 Å². The fourth-order valence-electron chi connectivity index (χ4n) is 1.79. The van der Waals surface area contributed by atoms with Crippen LogP contribution in [-0.4, -0.2) is 40.8 Å². The molecule has 0 spiro atoms. The van der Waals surface area contributed by atoms with Gasteiger partial charge in [-0.3, -0.25) is 9.59 Å². The van der Waals surface area contributed by atoms with E-state index in [9.17, 15) is 9.59 Å². The van der Waals surface area contributed by atoms with E-state index in [4.69, 9.17) is 11.6 Å². The summed E-state index contributed by atoms with van der Waals surface area (Å²) in [4.78, 5) is 29.3. The van der Waals surface area contributed by atoms with Crippen molar-refractivity contribution in [2.45, 2.75) is 13.0 Å². The molecule has 1 aliphatic heterocycles. The zero-order valence-corrected chi connectivity index (χ0v) is 12.0. The van der Waals surface area contributed by atoms with Gasteiger partial charge in [-0.1, -0.05) is 11.6 Å². The van der Waals surface area contributed by atoms with Gasteiger partial charge in [0.15, 0.2) is 0 Å². The first-order valence-corrected chi connectivity index (χ1v) is 6.57. The van der Waals surface area contributed by atoms with Crippen molar-refractivity contribution in [1.29, 1.82) is 0 Å². The molecule has 5 nitrogen and oxygen atoms in total. The summed E-state index contributed by atoms with van der Waals surface area (Å²) in [5, 5.41) is 2.84. The third kappa shape index (κ3) is 2.49. The molecule has 1 N–H and O–H groups in total. The third-order valence-corrected chi connectivity index (χ3v) is 3.53. The van der Waals surface area contributed by atoms with Crippen LogP contribution in [-0.2, 0) is 4.79 Å². The topological polar surface area (TPSA) is 62.3 Å². The van der Waals surface area contributed by atoms with Crippen LogP contribution in [0.3, 0.4) is 0 Å². The molecule has 0 aromatic carbocycles. The van der Waals surface area contributed by atoms with Gasteiger partial charge in [0.1, 0.15) is 11.2 Å². The molecule has 18 heavy (non-hydrogen) atoms. The summed E-state index contributed by atoms with van der Waals surface area (Å²) in [6.07, 6.45) is 1.52. The second-order valence-corrected chi connectivity index (χ2v) is 5.23. The van der Waals surface area contributed by atoms with Gasteiger partial charge in [-0.2, -0.15) is 0 Å². The number of rotatable bonds is 1. The van der Waals surface area contributed by atoms with Crippen LogP contribution in [0.4, 0.5) is 0 Å². The molecule has 1 aromatic heterocycles. The maximum Gasteiger partial charge on any atom is 0.257 e. The Morgan fingerprint density at radius 1 is 1.67 bits per heavy atom. The van der Waals surface area contributed by atoms with Crippen molar-refractivity contribution in [3.05, 3.63) is 27.5 Å². The number of piperazine rings is 1. The van der Waals surface area contributed by atoms with E-state index in [1.165, 1.54) is 11.1 Å². The number of hydrogen-bond donors (Lipinski definition) is 1. The minimum atomic E-state index is -0.499. The van der Waals surface area contributed by atoms with Crippen molar-refractivity contribution >= 4 is 39.3 Å². The second-order valence-electron chi connectivity index (χ2n) is 3.96. The quantitative estimate of drug-likeness (QED) is 0.792. The fraction of sp³-hybridized carbons (Fsp3) is 0.364. The molecule has 1 aromatic rings. The summed E-state index contributed by atoms with van der Waals surface area (Å²) < 4.78 is 0.671. The highest BCUT2D eigenvalue weighted by atomic mass is 79.9. The van der Waals surface area contributed by atoms with Crippen molar-refractivity contribution in [2.24, 2.45) is 0 Å². The number of nitrogens with one attached hydrogen (secondary N) is 1. The Labute approximate surface area is 118 Å². The van der Waals surface area contributed by atoms with Gasteiger partial charge < -0.3 is 10.2 Å². The molecule has 7 heteroatoms. The van der Waals surface area contributed by atoms with Crippen LogP contribution in [0.5, 0.6) is 0 Å². The van der Waals surface area contributed by atoms with Crippen LogP contribution in [0, 0.1) is 0 Å². The summed E-state index contributed by atoms with van der Waals surface area (Å²) in [5.74, 6) is -0.440. The Morgan fingerprint density at radius 3 is 3.11 bits per heavy atom. The van der Waals surface area contributed by atoms with Gasteiger partial charge >= 0.3 is 0 Å². The first-order valence-electron chi connectivity index (χ1n) is 5.40. The molecule has 96 valence electrons. The van der Waals surface area contributed by atoms with Gasteiger partial charge in [0.25, 0.3) is 5.91 Å². The summed E-state index contributed by atoms with van der Waals surface area (Å²) in [5.41, 5.74) is 0.299. The van der Waals surface area contributed by atoms with E-state index in [2.05, 4.69) is 26.2 Å². The lowest BCUT2D eigenvalue weighted by molar-refractivity contribution is -0.127. The monoisotopic (exact) mass is 331 g/mol. The van der Waals surface area contributed by atoms with Crippen LogP contribution in [0.2, 0.25) is 5.15 Å². The molecule has 2 rings (SSSR count). The van der Waals surface area contributed by atoms with E-state index < -0.39 is 6.04 Å². The molecule has 0 bridgehead atoms. The van der Waals surface area contributed by atoms with E-state index in [1.807, 2.05) is 0 Å². The first-order chi connectivity index (χ1) is 8.50. The Balaban J connectivity index is 2.30. The Bertz CT molecular complexity index is 509. The van der Waals surface area contributed by atoms with Crippen LogP contribution < -0.4 is 5.32 Å². The highest BCUT2D eigenvalue weighted by Crippen LogP contribution is 2.21. The Hall–Kier alpha value is -1.14. The van der Waals surface area contributed by atoms with Gasteiger partial charge in [-0.25, -0.2) is 4.98 Å². The zero-order valence-electron chi connectivity index (χ0n) is 9.61. The van der Waals surface area contributed by atoms with Crippen LogP contribution >= 0.6 is 27.5 Å². The predicted octanol–water partition coefficient (Wildman–Crippen LogP) is 1.46. The number of amides is 2. The lowest BCUT2D eigenvalue weighted by atomic mass is 10.1. The van der Waals surface area contributed by atoms with Gasteiger partial charge in [0.05, 0.1) is 5.56 Å². The third-order valence-electron chi connectivity index (χ3n) is 2.80. The molecule has 2 amide bonds. The molecule has 1 aliphatic rings. The fourth-order valence-corrected chi connectivity index (χ4v) is 2.30. The Morgan fingerprint density at radius 2 is 2.39 bits per heavy atom. The number of hydrogen-bond acceptors (Lipinski definition) is 3. The van der Waals surface area contributed by atoms with E-state index >= 15 is 0 Å². The summed E-state index contributed by atoms with van der Waals surface area (Å²) >= 11 is 9.16. The van der Waals surface area contributed by atoms with Gasteiger partial charge in [-0.15, -0.1) is 0 Å². The van der Waals surface area contributed by atoms with Crippen LogP contribution in [0.1, 0.15) is 17.3 Å². The molecule has 0 radical (unpaired) electrons. The SMILES string of the molecule is CC1C(=O)NCCN1C(=O)c1cc(Br)cnc1Cl. The molecule has 1 saturated heterocycles. The average Bonchev–Trinajstić information content (AvgIpc) is 2.35. The van der Waals surface area contributed by atoms with E-state index in [1.54, 1.807) is 13.0 Å². The lowest BCUT2D eigenvalue weighted by Crippen LogP contribution is -2.55. The molecule has 2 heterocycles. The minimum Gasteiger partial charge on any atom is -0.353 e. The highest BCUT2D eigenvalue weighted by Gasteiger charge is 2.31. The standard InChI is InChI=1S/C11H11BrClN3O2/c1-6-10(17)14-2-3-16(6)11(18)8-4-7(12)5-15-9(8)13/h4-6H,2-3H2,1H3,(H,14,17). The summed E-state index contributed by atoms with van der Waals surface area (Å²) in [6.45, 7) is 2.61. The van der Waals surface area contributed by atoms with Crippen molar-refractivity contribution < 1.29 is 9.59 Å². The smallest absolute Gasteiger partial charge is 0.257 e. The van der Waals surface area contributed by atoms with Crippen LogP contribution in [0.25, 0.3) is 0 Å². The van der Waals surface area contributed by atoms with E-state index in [0.29, 0.717) is 23.1 Å². The predicted molar refractivity (Wildman–Crippen MR) is 70.5 cm³/mol. The number of nitrogens with zero attached hydrogens (tertiary/aromatic N) is 2. The molecule has 0 saturated carbocycles. The zero-order chi connectivity index (χ0) is 13.3. The minimum absolute atomic E-state index is 0.140. The average molecular weight is 333 g/mol. The van der Waals surface area contributed by atoms with Crippen molar-refractivity contribution in [3.63, 3.8) is 0 Å². The van der Waals surface area contributed by atoms with Gasteiger partial charge in [0, 0.05) is 23.8 Å². The number of carbonyl (C=O) groups is 2. The maximum absolute atomic E-state index is 12.3. The maximum atomic E-state index is 12.3. The number of halogens is 2. The van der Waals surface area contributed by atoms with Crippen molar-refractivity contribution in [1.82, 2.24) is 15.2 Å². The highest BCUT2D eigenvalue weighted by molar-refractivity contribution is 9.10.